The molecule has 3 atom stereocenters. The molecule has 1 aliphatic carbocycles. The summed E-state index contributed by atoms with van der Waals surface area (Å²) in [5.41, 5.74) is 2.67. The normalized spacial score (nSPS) is 22.7. The van der Waals surface area contributed by atoms with Gasteiger partial charge >= 0.3 is 5.97 Å². The molecule has 0 saturated carbocycles. The summed E-state index contributed by atoms with van der Waals surface area (Å²) in [7, 11) is 0. The van der Waals surface area contributed by atoms with Crippen molar-refractivity contribution in [3.05, 3.63) is 89.8 Å². The van der Waals surface area contributed by atoms with Gasteiger partial charge in [0.2, 0.25) is 5.91 Å². The Labute approximate surface area is 180 Å². The minimum atomic E-state index is -0.922. The third-order valence-corrected chi connectivity index (χ3v) is 5.73. The van der Waals surface area contributed by atoms with Crippen molar-refractivity contribution in [2.45, 2.75) is 38.0 Å². The summed E-state index contributed by atoms with van der Waals surface area (Å²) in [5, 5.41) is 9.05. The van der Waals surface area contributed by atoms with Crippen LogP contribution in [-0.4, -0.2) is 29.1 Å². The monoisotopic (exact) mass is 421 g/mol. The van der Waals surface area contributed by atoms with Gasteiger partial charge in [-0.1, -0.05) is 48.6 Å². The molecule has 1 saturated heterocycles. The summed E-state index contributed by atoms with van der Waals surface area (Å²) in [4.78, 5) is 25.5. The first-order valence-electron chi connectivity index (χ1n) is 10.4. The number of carboxylic acids is 1. The third-order valence-electron chi connectivity index (χ3n) is 5.73. The van der Waals surface area contributed by atoms with Gasteiger partial charge in [-0.15, -0.1) is 0 Å². The first-order chi connectivity index (χ1) is 15.0. The number of ether oxygens (including phenoxy) is 1. The molecule has 1 aliphatic heterocycles. The number of β-lactam (4-membered cyclic amide) rings is 1. The molecule has 1 heterocycles. The Hall–Kier alpha value is -3.25. The number of carboxylic acid groups (broad SMARTS) is 1. The minimum Gasteiger partial charge on any atom is -0.481 e. The van der Waals surface area contributed by atoms with E-state index in [-0.39, 0.29) is 36.7 Å². The second kappa shape index (κ2) is 9.27. The number of nitrogens with zero attached hydrogens (tertiary/aromatic N) is 1. The van der Waals surface area contributed by atoms with Crippen LogP contribution in [0.1, 0.15) is 24.8 Å². The highest BCUT2D eigenvalue weighted by Gasteiger charge is 2.49. The molecular formula is C25H24FNO4. The first kappa shape index (κ1) is 21.0. The molecule has 1 fully saturated rings. The maximum Gasteiger partial charge on any atom is 0.303 e. The second-order valence-electron chi connectivity index (χ2n) is 7.80. The number of hydrogen-bond donors (Lipinski definition) is 1. The zero-order valence-electron chi connectivity index (χ0n) is 17.0. The van der Waals surface area contributed by atoms with Crippen LogP contribution in [0.25, 0.3) is 0 Å². The number of rotatable bonds is 8. The van der Waals surface area contributed by atoms with Crippen LogP contribution in [0.5, 0.6) is 0 Å². The Morgan fingerprint density at radius 3 is 2.52 bits per heavy atom. The van der Waals surface area contributed by atoms with Gasteiger partial charge in [-0.05, 0) is 48.2 Å². The molecule has 160 valence electrons. The molecular weight excluding hydrogens is 397 g/mol. The van der Waals surface area contributed by atoms with Crippen LogP contribution in [0.2, 0.25) is 0 Å². The lowest BCUT2D eigenvalue weighted by atomic mass is 9.77. The lowest BCUT2D eigenvalue weighted by molar-refractivity contribution is -0.138. The molecule has 0 bridgehead atoms. The number of aliphatic carboxylic acids is 1. The van der Waals surface area contributed by atoms with E-state index in [0.717, 1.165) is 11.1 Å². The number of amides is 1. The molecule has 31 heavy (non-hydrogen) atoms. The number of carbonyl (C=O) groups is 2. The van der Waals surface area contributed by atoms with E-state index in [1.807, 2.05) is 42.5 Å². The van der Waals surface area contributed by atoms with Crippen molar-refractivity contribution >= 4 is 17.6 Å². The third kappa shape index (κ3) is 4.75. The summed E-state index contributed by atoms with van der Waals surface area (Å²) in [6, 6.07) is 15.5. The highest BCUT2D eigenvalue weighted by molar-refractivity contribution is 6.04. The molecule has 2 unspecified atom stereocenters. The highest BCUT2D eigenvalue weighted by Crippen LogP contribution is 2.40. The molecule has 0 aromatic heterocycles. The molecule has 0 spiro atoms. The fourth-order valence-corrected chi connectivity index (χ4v) is 4.12. The van der Waals surface area contributed by atoms with E-state index in [1.54, 1.807) is 17.0 Å². The maximum atomic E-state index is 13.3. The Kier molecular flexibility index (Phi) is 6.28. The maximum absolute atomic E-state index is 13.3. The van der Waals surface area contributed by atoms with Crippen LogP contribution >= 0.6 is 0 Å². The fraction of sp³-hybridized carbons (Fsp3) is 0.280. The van der Waals surface area contributed by atoms with E-state index in [2.05, 4.69) is 6.08 Å². The van der Waals surface area contributed by atoms with Crippen molar-refractivity contribution in [1.82, 2.24) is 0 Å². The Bertz CT molecular complexity index is 1000. The van der Waals surface area contributed by atoms with Gasteiger partial charge in [-0.25, -0.2) is 4.39 Å². The van der Waals surface area contributed by atoms with Gasteiger partial charge in [0.25, 0.3) is 0 Å². The average Bonchev–Trinajstić information content (AvgIpc) is 2.78. The zero-order chi connectivity index (χ0) is 21.8. The van der Waals surface area contributed by atoms with Gasteiger partial charge in [0.1, 0.15) is 5.82 Å². The molecule has 2 aromatic carbocycles. The molecule has 4 rings (SSSR count). The van der Waals surface area contributed by atoms with Gasteiger partial charge < -0.3 is 14.7 Å². The summed E-state index contributed by atoms with van der Waals surface area (Å²) in [5.74, 6) is -1.83. The topological polar surface area (TPSA) is 66.8 Å². The van der Waals surface area contributed by atoms with Crippen LogP contribution in [0, 0.1) is 11.7 Å². The highest BCUT2D eigenvalue weighted by atomic mass is 19.1. The van der Waals surface area contributed by atoms with Crippen LogP contribution < -0.4 is 4.90 Å². The number of hydrogen-bond acceptors (Lipinski definition) is 3. The average molecular weight is 421 g/mol. The first-order valence-corrected chi connectivity index (χ1v) is 10.4. The van der Waals surface area contributed by atoms with Crippen molar-refractivity contribution in [2.75, 3.05) is 4.90 Å². The van der Waals surface area contributed by atoms with Crippen molar-refractivity contribution < 1.29 is 23.8 Å². The zero-order valence-corrected chi connectivity index (χ0v) is 17.0. The standard InChI is InChI=1S/C25H24FNO4/c26-19-8-10-20(11-9-19)27-24(22(25(27)30)14-15-23(28)29)18-6-12-21(13-7-18)31-16-17-4-2-1-3-5-17/h1-12,21-22,24H,13-16H2,(H,28,29)/t21?,22-,24?/m1/s1. The number of anilines is 1. The van der Waals surface area contributed by atoms with E-state index in [9.17, 15) is 14.0 Å². The quantitative estimate of drug-likeness (QED) is 0.638. The predicted molar refractivity (Wildman–Crippen MR) is 115 cm³/mol. The molecule has 2 aromatic rings. The number of benzene rings is 2. The molecule has 1 amide bonds. The van der Waals surface area contributed by atoms with Crippen molar-refractivity contribution in [3.8, 4) is 0 Å². The minimum absolute atomic E-state index is 0.0588. The lowest BCUT2D eigenvalue weighted by Gasteiger charge is -2.48. The SMILES string of the molecule is O=C(O)CC[C@H]1C(=O)N(c2ccc(F)cc2)C1C1=CCC(OCc2ccccc2)C=C1. The second-order valence-corrected chi connectivity index (χ2v) is 7.80. The summed E-state index contributed by atoms with van der Waals surface area (Å²) in [6.45, 7) is 0.518. The molecule has 2 aliphatic rings. The van der Waals surface area contributed by atoms with Crippen molar-refractivity contribution in [3.63, 3.8) is 0 Å². The number of halogens is 1. The summed E-state index contributed by atoms with van der Waals surface area (Å²) < 4.78 is 19.3. The molecule has 0 radical (unpaired) electrons. The van der Waals surface area contributed by atoms with E-state index in [4.69, 9.17) is 9.84 Å². The van der Waals surface area contributed by atoms with Crippen LogP contribution in [0.4, 0.5) is 10.1 Å². The van der Waals surface area contributed by atoms with E-state index >= 15 is 0 Å². The summed E-state index contributed by atoms with van der Waals surface area (Å²) >= 11 is 0. The molecule has 5 nitrogen and oxygen atoms in total. The smallest absolute Gasteiger partial charge is 0.303 e. The van der Waals surface area contributed by atoms with Crippen LogP contribution in [-0.2, 0) is 20.9 Å². The van der Waals surface area contributed by atoms with Gasteiger partial charge in [0.05, 0.1) is 24.7 Å². The lowest BCUT2D eigenvalue weighted by Crippen LogP contribution is -2.62. The largest absolute Gasteiger partial charge is 0.481 e. The van der Waals surface area contributed by atoms with Gasteiger partial charge in [0.15, 0.2) is 0 Å². The number of carbonyl (C=O) groups excluding carboxylic acids is 1. The van der Waals surface area contributed by atoms with Gasteiger partial charge in [0, 0.05) is 12.1 Å². The Balaban J connectivity index is 1.46. The van der Waals surface area contributed by atoms with Gasteiger partial charge in [-0.3, -0.25) is 9.59 Å². The van der Waals surface area contributed by atoms with E-state index in [0.29, 0.717) is 18.7 Å². The van der Waals surface area contributed by atoms with Crippen molar-refractivity contribution in [2.24, 2.45) is 5.92 Å². The van der Waals surface area contributed by atoms with Crippen molar-refractivity contribution in [1.29, 1.82) is 0 Å². The van der Waals surface area contributed by atoms with E-state index in [1.165, 1.54) is 12.1 Å². The molecule has 1 N–H and O–H groups in total. The summed E-state index contributed by atoms with van der Waals surface area (Å²) in [6.07, 6.45) is 6.82. The molecule has 6 heteroatoms. The Morgan fingerprint density at radius 2 is 1.87 bits per heavy atom. The predicted octanol–water partition coefficient (Wildman–Crippen LogP) is 4.49. The van der Waals surface area contributed by atoms with E-state index < -0.39 is 11.9 Å². The van der Waals surface area contributed by atoms with Crippen LogP contribution in [0.3, 0.4) is 0 Å². The van der Waals surface area contributed by atoms with Gasteiger partial charge in [-0.2, -0.15) is 0 Å². The Morgan fingerprint density at radius 1 is 1.13 bits per heavy atom. The van der Waals surface area contributed by atoms with Crippen LogP contribution in [0.15, 0.2) is 78.4 Å². The fourth-order valence-electron chi connectivity index (χ4n) is 4.12.